The van der Waals surface area contributed by atoms with E-state index in [9.17, 15) is 9.59 Å². The summed E-state index contributed by atoms with van der Waals surface area (Å²) in [6.45, 7) is 14.1. The Morgan fingerprint density at radius 3 is 2.46 bits per heavy atom. The van der Waals surface area contributed by atoms with E-state index in [-0.39, 0.29) is 17.6 Å². The molecule has 8 heteroatoms. The Kier molecular flexibility index (Phi) is 7.78. The van der Waals surface area contributed by atoms with Gasteiger partial charge in [0.1, 0.15) is 30.2 Å². The monoisotopic (exact) mass is 509 g/mol. The normalized spacial score (nSPS) is 18.6. The van der Waals surface area contributed by atoms with Crippen LogP contribution in [0.25, 0.3) is 5.57 Å². The van der Waals surface area contributed by atoms with Gasteiger partial charge in [-0.25, -0.2) is 4.79 Å². The zero-order valence-corrected chi connectivity index (χ0v) is 23.1. The van der Waals surface area contributed by atoms with Gasteiger partial charge in [0.05, 0.1) is 26.2 Å². The summed E-state index contributed by atoms with van der Waals surface area (Å²) >= 11 is 0. The van der Waals surface area contributed by atoms with Gasteiger partial charge in [0.25, 0.3) is 5.91 Å². The Morgan fingerprint density at radius 1 is 1.14 bits per heavy atom. The van der Waals surface area contributed by atoms with Crippen molar-refractivity contribution in [3.05, 3.63) is 53.0 Å². The van der Waals surface area contributed by atoms with E-state index in [4.69, 9.17) is 9.47 Å². The average Bonchev–Trinajstić information content (AvgIpc) is 3.17. The van der Waals surface area contributed by atoms with E-state index in [1.165, 1.54) is 32.4 Å². The van der Waals surface area contributed by atoms with E-state index in [1.807, 2.05) is 19.1 Å². The number of carbonyl (C=O) groups is 2. The lowest BCUT2D eigenvalue weighted by Gasteiger charge is -2.37. The van der Waals surface area contributed by atoms with Gasteiger partial charge in [-0.1, -0.05) is 13.8 Å². The third kappa shape index (κ3) is 6.06. The summed E-state index contributed by atoms with van der Waals surface area (Å²) in [7, 11) is 2.30. The van der Waals surface area contributed by atoms with Gasteiger partial charge in [0.2, 0.25) is 0 Å². The topological polar surface area (TPSA) is 84.5 Å². The number of hydrogen-bond donors (Lipinski definition) is 1. The number of carbonyl (C=O) groups excluding carboxylic acids is 2. The first-order valence-electron chi connectivity index (χ1n) is 13.4. The standard InChI is InChI=1S/C29H41N4O4/c1-20(2)37-28(35)24-18-32(19-29(4,5)25-21(3)30-31-26(24)25)27(34)22-10-12-23(13-11-22)36-17-16-33(6)14-8-7-9-15-33/h10-13,18,20H,7-9,14-17,19H2,1-6H3,(H,30,31)/q+1. The zero-order chi connectivity index (χ0) is 26.8. The lowest BCUT2D eigenvalue weighted by molar-refractivity contribution is -0.914. The number of ether oxygens (including phenoxy) is 2. The molecule has 0 saturated carbocycles. The number of quaternary nitrogens is 1. The highest BCUT2D eigenvalue weighted by Gasteiger charge is 2.38. The van der Waals surface area contributed by atoms with Crippen LogP contribution < -0.4 is 4.74 Å². The van der Waals surface area contributed by atoms with Crippen LogP contribution >= 0.6 is 0 Å². The number of fused-ring (bicyclic) bond motifs is 1. The van der Waals surface area contributed by atoms with Gasteiger partial charge in [0, 0.05) is 35.0 Å². The first-order chi connectivity index (χ1) is 17.5. The predicted molar refractivity (Wildman–Crippen MR) is 143 cm³/mol. The third-order valence-corrected chi connectivity index (χ3v) is 7.45. The van der Waals surface area contributed by atoms with Gasteiger partial charge in [-0.05, 0) is 64.3 Å². The van der Waals surface area contributed by atoms with Gasteiger partial charge < -0.3 is 18.9 Å². The molecule has 1 aromatic carbocycles. The highest BCUT2D eigenvalue weighted by molar-refractivity contribution is 6.17. The van der Waals surface area contributed by atoms with Crippen LogP contribution in [0.2, 0.25) is 0 Å². The van der Waals surface area contributed by atoms with Gasteiger partial charge in [-0.3, -0.25) is 9.89 Å². The van der Waals surface area contributed by atoms with Gasteiger partial charge >= 0.3 is 5.97 Å². The third-order valence-electron chi connectivity index (χ3n) is 7.45. The maximum Gasteiger partial charge on any atom is 0.342 e. The molecule has 1 N–H and O–H groups in total. The number of likely N-dealkylation sites (tertiary alicyclic amines) is 1. The number of piperidine rings is 1. The molecule has 2 aliphatic heterocycles. The van der Waals surface area contributed by atoms with Crippen molar-refractivity contribution in [2.45, 2.75) is 65.4 Å². The second-order valence-corrected chi connectivity index (χ2v) is 11.6. The molecule has 0 atom stereocenters. The zero-order valence-electron chi connectivity index (χ0n) is 23.1. The van der Waals surface area contributed by atoms with Crippen LogP contribution in [-0.2, 0) is 14.9 Å². The van der Waals surface area contributed by atoms with E-state index in [1.54, 1.807) is 37.1 Å². The van der Waals surface area contributed by atoms with Gasteiger partial charge in [0.15, 0.2) is 0 Å². The molecule has 0 unspecified atom stereocenters. The second-order valence-electron chi connectivity index (χ2n) is 11.6. The molecule has 0 spiro atoms. The first-order valence-corrected chi connectivity index (χ1v) is 13.4. The average molecular weight is 510 g/mol. The molecule has 1 amide bonds. The lowest BCUT2D eigenvalue weighted by atomic mass is 9.82. The molecule has 4 rings (SSSR count). The molecule has 37 heavy (non-hydrogen) atoms. The maximum absolute atomic E-state index is 13.6. The number of nitrogens with zero attached hydrogens (tertiary/aromatic N) is 3. The number of nitrogens with one attached hydrogen (secondary N) is 1. The molecule has 0 aliphatic carbocycles. The molecular formula is C29H41N4O4+. The summed E-state index contributed by atoms with van der Waals surface area (Å²) in [4.78, 5) is 28.3. The quantitative estimate of drug-likeness (QED) is 0.440. The number of likely N-dealkylation sites (N-methyl/N-ethyl adjacent to an activating group) is 1. The van der Waals surface area contributed by atoms with Crippen LogP contribution in [0.3, 0.4) is 0 Å². The van der Waals surface area contributed by atoms with Crippen molar-refractivity contribution in [3.63, 3.8) is 0 Å². The minimum atomic E-state index is -0.493. The molecule has 1 fully saturated rings. The number of aromatic amines is 1. The number of rotatable bonds is 7. The van der Waals surface area contributed by atoms with Crippen molar-refractivity contribution in [1.29, 1.82) is 0 Å². The maximum atomic E-state index is 13.6. The van der Waals surface area contributed by atoms with Crippen molar-refractivity contribution >= 4 is 17.4 Å². The van der Waals surface area contributed by atoms with Crippen molar-refractivity contribution in [2.24, 2.45) is 0 Å². The fraction of sp³-hybridized carbons (Fsp3) is 0.552. The van der Waals surface area contributed by atoms with Crippen LogP contribution in [0.4, 0.5) is 0 Å². The van der Waals surface area contributed by atoms with Crippen LogP contribution in [0, 0.1) is 6.92 Å². The van der Waals surface area contributed by atoms with Crippen molar-refractivity contribution < 1.29 is 23.5 Å². The molecule has 1 aromatic heterocycles. The summed E-state index contributed by atoms with van der Waals surface area (Å²) in [6.07, 6.45) is 5.20. The number of aryl methyl sites for hydroxylation is 1. The fourth-order valence-corrected chi connectivity index (χ4v) is 5.52. The highest BCUT2D eigenvalue weighted by atomic mass is 16.5. The van der Waals surface area contributed by atoms with E-state index in [0.717, 1.165) is 28.0 Å². The largest absolute Gasteiger partial charge is 0.488 e. The van der Waals surface area contributed by atoms with E-state index >= 15 is 0 Å². The summed E-state index contributed by atoms with van der Waals surface area (Å²) in [5.41, 5.74) is 2.71. The van der Waals surface area contributed by atoms with Crippen LogP contribution in [-0.4, -0.2) is 77.4 Å². The Balaban J connectivity index is 1.51. The number of hydrogen-bond acceptors (Lipinski definition) is 5. The number of amides is 1. The van der Waals surface area contributed by atoms with Gasteiger partial charge in [-0.15, -0.1) is 0 Å². The number of benzene rings is 1. The van der Waals surface area contributed by atoms with Crippen molar-refractivity contribution in [2.75, 3.05) is 39.8 Å². The minimum absolute atomic E-state index is 0.187. The highest BCUT2D eigenvalue weighted by Crippen LogP contribution is 2.37. The Hall–Kier alpha value is -3.13. The lowest BCUT2D eigenvalue weighted by Crippen LogP contribution is -2.50. The van der Waals surface area contributed by atoms with Crippen molar-refractivity contribution in [3.8, 4) is 5.75 Å². The van der Waals surface area contributed by atoms with Crippen molar-refractivity contribution in [1.82, 2.24) is 15.1 Å². The summed E-state index contributed by atoms with van der Waals surface area (Å²) in [5, 5.41) is 7.42. The molecular weight excluding hydrogens is 468 g/mol. The molecule has 0 bridgehead atoms. The smallest absolute Gasteiger partial charge is 0.342 e. The van der Waals surface area contributed by atoms with Gasteiger partial charge in [-0.2, -0.15) is 5.10 Å². The predicted octanol–water partition coefficient (Wildman–Crippen LogP) is 4.45. The Morgan fingerprint density at radius 2 is 1.81 bits per heavy atom. The van der Waals surface area contributed by atoms with E-state index in [2.05, 4.69) is 31.1 Å². The van der Waals surface area contributed by atoms with E-state index in [0.29, 0.717) is 24.4 Å². The molecule has 8 nitrogen and oxygen atoms in total. The van der Waals surface area contributed by atoms with Crippen LogP contribution in [0.5, 0.6) is 5.75 Å². The van der Waals surface area contributed by atoms with Crippen LogP contribution in [0.15, 0.2) is 30.5 Å². The SMILES string of the molecule is Cc1[nH]nc2c1C(C)(C)CN(C(=O)c1ccc(OCC[N+]3(C)CCCCC3)cc1)C=C2C(=O)OC(C)C. The molecule has 0 radical (unpaired) electrons. The summed E-state index contributed by atoms with van der Waals surface area (Å²) < 4.78 is 12.6. The minimum Gasteiger partial charge on any atom is -0.488 e. The molecule has 3 heterocycles. The summed E-state index contributed by atoms with van der Waals surface area (Å²) in [5.74, 6) is 0.0727. The fourth-order valence-electron chi connectivity index (χ4n) is 5.52. The Labute approximate surface area is 220 Å². The molecule has 2 aliphatic rings. The summed E-state index contributed by atoms with van der Waals surface area (Å²) in [6, 6.07) is 7.27. The molecule has 1 saturated heterocycles. The molecule has 200 valence electrons. The number of esters is 1. The number of H-pyrrole nitrogens is 1. The number of aromatic nitrogens is 2. The first kappa shape index (κ1) is 26.9. The van der Waals surface area contributed by atoms with Crippen LogP contribution in [0.1, 0.15) is 74.3 Å². The molecule has 2 aromatic rings. The second kappa shape index (κ2) is 10.7. The van der Waals surface area contributed by atoms with E-state index < -0.39 is 11.4 Å². The Bertz CT molecular complexity index is 1160.